The highest BCUT2D eigenvalue weighted by atomic mass is 79.9. The van der Waals surface area contributed by atoms with Gasteiger partial charge < -0.3 is 10.0 Å². The third-order valence-electron chi connectivity index (χ3n) is 2.93. The van der Waals surface area contributed by atoms with Crippen LogP contribution >= 0.6 is 31.9 Å². The van der Waals surface area contributed by atoms with Crippen LogP contribution in [0.1, 0.15) is 31.9 Å². The van der Waals surface area contributed by atoms with Gasteiger partial charge in [0.25, 0.3) is 0 Å². The first-order chi connectivity index (χ1) is 8.08. The maximum atomic E-state index is 10.2. The molecule has 1 unspecified atom stereocenters. The minimum absolute atomic E-state index is 0.414. The van der Waals surface area contributed by atoms with Crippen molar-refractivity contribution < 1.29 is 5.11 Å². The van der Waals surface area contributed by atoms with Gasteiger partial charge in [-0.3, -0.25) is 0 Å². The molecule has 0 bridgehead atoms. The molecule has 0 saturated heterocycles. The fourth-order valence-electron chi connectivity index (χ4n) is 1.77. The quantitative estimate of drug-likeness (QED) is 0.825. The van der Waals surface area contributed by atoms with Crippen molar-refractivity contribution >= 4 is 31.9 Å². The number of aliphatic hydroxyl groups is 1. The van der Waals surface area contributed by atoms with Crippen LogP contribution in [-0.4, -0.2) is 29.6 Å². The average Bonchev–Trinajstić information content (AvgIpc) is 2.33. The van der Waals surface area contributed by atoms with Gasteiger partial charge in [0.2, 0.25) is 0 Å². The van der Waals surface area contributed by atoms with Gasteiger partial charge in [-0.05, 0) is 43.3 Å². The van der Waals surface area contributed by atoms with Crippen molar-refractivity contribution in [3.05, 3.63) is 32.7 Å². The van der Waals surface area contributed by atoms with Crippen molar-refractivity contribution in [1.29, 1.82) is 0 Å². The van der Waals surface area contributed by atoms with E-state index in [-0.39, 0.29) is 0 Å². The van der Waals surface area contributed by atoms with E-state index in [9.17, 15) is 5.11 Å². The number of hydrogen-bond donors (Lipinski definition) is 1. The molecule has 2 nitrogen and oxygen atoms in total. The predicted molar refractivity (Wildman–Crippen MR) is 79.2 cm³/mol. The molecule has 0 aliphatic rings. The zero-order chi connectivity index (χ0) is 12.8. The highest BCUT2D eigenvalue weighted by Crippen LogP contribution is 2.28. The van der Waals surface area contributed by atoms with E-state index in [4.69, 9.17) is 0 Å². The van der Waals surface area contributed by atoms with Gasteiger partial charge in [0.05, 0.1) is 6.10 Å². The Labute approximate surface area is 120 Å². The molecular weight excluding hydrogens is 346 g/mol. The molecule has 0 heterocycles. The summed E-state index contributed by atoms with van der Waals surface area (Å²) in [7, 11) is 0. The summed E-state index contributed by atoms with van der Waals surface area (Å²) in [5, 5.41) is 10.2. The van der Waals surface area contributed by atoms with Crippen molar-refractivity contribution in [2.75, 3.05) is 19.6 Å². The number of rotatable bonds is 6. The van der Waals surface area contributed by atoms with Crippen molar-refractivity contribution in [3.8, 4) is 0 Å². The summed E-state index contributed by atoms with van der Waals surface area (Å²) in [5.74, 6) is 0. The minimum Gasteiger partial charge on any atom is -0.388 e. The number of aliphatic hydroxyl groups excluding tert-OH is 1. The highest BCUT2D eigenvalue weighted by Gasteiger charge is 2.12. The molecule has 96 valence electrons. The maximum absolute atomic E-state index is 10.2. The third kappa shape index (κ3) is 4.70. The Kier molecular flexibility index (Phi) is 6.70. The molecule has 1 atom stereocenters. The summed E-state index contributed by atoms with van der Waals surface area (Å²) in [6, 6.07) is 5.89. The predicted octanol–water partition coefficient (Wildman–Crippen LogP) is 3.98. The minimum atomic E-state index is -0.414. The van der Waals surface area contributed by atoms with Crippen LogP contribution in [0.2, 0.25) is 0 Å². The van der Waals surface area contributed by atoms with E-state index < -0.39 is 6.10 Å². The highest BCUT2D eigenvalue weighted by molar-refractivity contribution is 9.11. The molecule has 0 amide bonds. The average molecular weight is 365 g/mol. The summed E-state index contributed by atoms with van der Waals surface area (Å²) in [5.41, 5.74) is 0.950. The summed E-state index contributed by atoms with van der Waals surface area (Å²) < 4.78 is 1.96. The first-order valence-corrected chi connectivity index (χ1v) is 7.52. The Morgan fingerprint density at radius 3 is 2.47 bits per heavy atom. The van der Waals surface area contributed by atoms with Gasteiger partial charge in [-0.15, -0.1) is 0 Å². The number of hydrogen-bond acceptors (Lipinski definition) is 2. The monoisotopic (exact) mass is 363 g/mol. The standard InChI is InChI=1S/C13H19Br2NO/c1-3-16(4-2)8-7-13(17)11-9-10(14)5-6-12(11)15/h5-6,9,13,17H,3-4,7-8H2,1-2H3. The van der Waals surface area contributed by atoms with Crippen LogP contribution < -0.4 is 0 Å². The molecule has 0 saturated carbocycles. The van der Waals surface area contributed by atoms with Crippen molar-refractivity contribution in [1.82, 2.24) is 4.90 Å². The van der Waals surface area contributed by atoms with Crippen molar-refractivity contribution in [2.45, 2.75) is 26.4 Å². The second-order valence-corrected chi connectivity index (χ2v) is 5.77. The molecule has 1 aromatic carbocycles. The Balaban J connectivity index is 2.63. The van der Waals surface area contributed by atoms with E-state index in [1.807, 2.05) is 18.2 Å². The van der Waals surface area contributed by atoms with E-state index in [1.165, 1.54) is 0 Å². The summed E-state index contributed by atoms with van der Waals surface area (Å²) in [6.45, 7) is 7.27. The van der Waals surface area contributed by atoms with E-state index in [0.717, 1.165) is 40.6 Å². The molecule has 1 aromatic rings. The first-order valence-electron chi connectivity index (χ1n) is 5.93. The Bertz CT molecular complexity index is 353. The summed E-state index contributed by atoms with van der Waals surface area (Å²) >= 11 is 6.91. The van der Waals surface area contributed by atoms with Crippen molar-refractivity contribution in [3.63, 3.8) is 0 Å². The van der Waals surface area contributed by atoms with Crippen LogP contribution in [0.25, 0.3) is 0 Å². The molecule has 0 spiro atoms. The molecule has 1 N–H and O–H groups in total. The van der Waals surface area contributed by atoms with E-state index in [0.29, 0.717) is 0 Å². The largest absolute Gasteiger partial charge is 0.388 e. The zero-order valence-electron chi connectivity index (χ0n) is 10.3. The van der Waals surface area contributed by atoms with Crippen molar-refractivity contribution in [2.24, 2.45) is 0 Å². The molecule has 0 radical (unpaired) electrons. The molecular formula is C13H19Br2NO. The van der Waals surface area contributed by atoms with Crippen LogP contribution in [0.15, 0.2) is 27.1 Å². The fourth-order valence-corrected chi connectivity index (χ4v) is 2.66. The van der Waals surface area contributed by atoms with Gasteiger partial charge in [0.15, 0.2) is 0 Å². The lowest BCUT2D eigenvalue weighted by Crippen LogP contribution is -2.25. The van der Waals surface area contributed by atoms with Gasteiger partial charge in [-0.1, -0.05) is 45.7 Å². The molecule has 0 fully saturated rings. The van der Waals surface area contributed by atoms with Gasteiger partial charge >= 0.3 is 0 Å². The summed E-state index contributed by atoms with van der Waals surface area (Å²) in [4.78, 5) is 2.31. The first kappa shape index (κ1) is 15.2. The van der Waals surface area contributed by atoms with Gasteiger partial charge in [0.1, 0.15) is 0 Å². The topological polar surface area (TPSA) is 23.5 Å². The maximum Gasteiger partial charge on any atom is 0.0813 e. The van der Waals surface area contributed by atoms with Gasteiger partial charge in [-0.25, -0.2) is 0 Å². The lowest BCUT2D eigenvalue weighted by atomic mass is 10.1. The number of nitrogens with zero attached hydrogens (tertiary/aromatic N) is 1. The van der Waals surface area contributed by atoms with Crippen LogP contribution in [0.5, 0.6) is 0 Å². The fraction of sp³-hybridized carbons (Fsp3) is 0.538. The van der Waals surface area contributed by atoms with Crippen LogP contribution in [0.3, 0.4) is 0 Å². The van der Waals surface area contributed by atoms with E-state index in [2.05, 4.69) is 50.6 Å². The molecule has 0 aliphatic carbocycles. The normalized spacial score (nSPS) is 13.1. The number of benzene rings is 1. The third-order valence-corrected chi connectivity index (χ3v) is 4.15. The molecule has 4 heteroatoms. The van der Waals surface area contributed by atoms with E-state index >= 15 is 0 Å². The van der Waals surface area contributed by atoms with Crippen LogP contribution in [-0.2, 0) is 0 Å². The lowest BCUT2D eigenvalue weighted by molar-refractivity contribution is 0.144. The lowest BCUT2D eigenvalue weighted by Gasteiger charge is -2.20. The Morgan fingerprint density at radius 1 is 1.24 bits per heavy atom. The van der Waals surface area contributed by atoms with Gasteiger partial charge in [0, 0.05) is 15.5 Å². The Morgan fingerprint density at radius 2 is 1.88 bits per heavy atom. The van der Waals surface area contributed by atoms with Gasteiger partial charge in [-0.2, -0.15) is 0 Å². The second-order valence-electron chi connectivity index (χ2n) is 4.00. The zero-order valence-corrected chi connectivity index (χ0v) is 13.5. The number of halogens is 2. The molecule has 17 heavy (non-hydrogen) atoms. The molecule has 1 rings (SSSR count). The smallest absolute Gasteiger partial charge is 0.0813 e. The second kappa shape index (κ2) is 7.52. The molecule has 0 aromatic heterocycles. The van der Waals surface area contributed by atoms with E-state index in [1.54, 1.807) is 0 Å². The summed E-state index contributed by atoms with van der Waals surface area (Å²) in [6.07, 6.45) is 0.346. The molecule has 0 aliphatic heterocycles. The SMILES string of the molecule is CCN(CC)CCC(O)c1cc(Br)ccc1Br. The van der Waals surface area contributed by atoms with Crippen LogP contribution in [0, 0.1) is 0 Å². The van der Waals surface area contributed by atoms with Crippen LogP contribution in [0.4, 0.5) is 0 Å². The Hall–Kier alpha value is 0.1000.